The van der Waals surface area contributed by atoms with Crippen molar-refractivity contribution in [2.75, 3.05) is 30.1 Å². The lowest BCUT2D eigenvalue weighted by molar-refractivity contribution is -0.143. The largest absolute Gasteiger partial charge is 0.453 e. The van der Waals surface area contributed by atoms with E-state index in [1.165, 1.54) is 16.7 Å². The predicted molar refractivity (Wildman–Crippen MR) is 139 cm³/mol. The number of carbonyl (C=O) groups excluding carboxylic acids is 3. The van der Waals surface area contributed by atoms with Crippen LogP contribution in [-0.4, -0.2) is 49.3 Å². The minimum Gasteiger partial charge on any atom is -0.453 e. The van der Waals surface area contributed by atoms with E-state index in [1.54, 1.807) is 26.0 Å². The molecule has 228 valence electrons. The molecule has 0 fully saturated rings. The molecule has 2 aliphatic rings. The quantitative estimate of drug-likeness (QED) is 0.365. The van der Waals surface area contributed by atoms with Crippen LogP contribution in [0.2, 0.25) is 0 Å². The summed E-state index contributed by atoms with van der Waals surface area (Å²) in [4.78, 5) is 42.3. The van der Waals surface area contributed by atoms with Gasteiger partial charge in [0.25, 0.3) is 0 Å². The number of nitrogens with zero attached hydrogens (tertiary/aromatic N) is 3. The zero-order valence-electron chi connectivity index (χ0n) is 23.2. The summed E-state index contributed by atoms with van der Waals surface area (Å²) in [5.41, 5.74) is -1.44. The SMILES string of the molecule is CCOC(=O)N1c2cc3c(cc2C(N(Cc2cc(C(F)(F)F)cc(C(F)(F)F)c2)C(=O)OC)CC1C)N(C(C)=O)CC3. The van der Waals surface area contributed by atoms with Gasteiger partial charge in [0, 0.05) is 37.3 Å². The van der Waals surface area contributed by atoms with Gasteiger partial charge < -0.3 is 14.4 Å². The van der Waals surface area contributed by atoms with E-state index in [0.29, 0.717) is 42.0 Å². The van der Waals surface area contributed by atoms with Gasteiger partial charge in [0.15, 0.2) is 0 Å². The van der Waals surface area contributed by atoms with E-state index in [-0.39, 0.29) is 25.0 Å². The van der Waals surface area contributed by atoms with Crippen LogP contribution in [0.4, 0.5) is 47.3 Å². The van der Waals surface area contributed by atoms with Crippen LogP contribution in [0, 0.1) is 0 Å². The molecule has 0 radical (unpaired) electrons. The van der Waals surface area contributed by atoms with Gasteiger partial charge in [-0.1, -0.05) is 0 Å². The molecule has 2 atom stereocenters. The van der Waals surface area contributed by atoms with Crippen LogP contribution in [0.5, 0.6) is 0 Å². The number of hydrogen-bond acceptors (Lipinski definition) is 5. The van der Waals surface area contributed by atoms with Crippen molar-refractivity contribution < 1.29 is 50.2 Å². The molecule has 0 aliphatic carbocycles. The highest BCUT2D eigenvalue weighted by Crippen LogP contribution is 2.46. The highest BCUT2D eigenvalue weighted by molar-refractivity contribution is 5.96. The number of benzene rings is 2. The fourth-order valence-corrected chi connectivity index (χ4v) is 5.53. The second-order valence-corrected chi connectivity index (χ2v) is 10.1. The van der Waals surface area contributed by atoms with E-state index in [4.69, 9.17) is 9.47 Å². The highest BCUT2D eigenvalue weighted by atomic mass is 19.4. The topological polar surface area (TPSA) is 79.4 Å². The van der Waals surface area contributed by atoms with Crippen molar-refractivity contribution in [1.82, 2.24) is 4.90 Å². The minimum absolute atomic E-state index is 0.0147. The Hall–Kier alpha value is -3.97. The van der Waals surface area contributed by atoms with E-state index in [1.807, 2.05) is 0 Å². The van der Waals surface area contributed by atoms with Crippen molar-refractivity contribution in [1.29, 1.82) is 0 Å². The molecule has 0 spiro atoms. The van der Waals surface area contributed by atoms with Gasteiger partial charge in [0.1, 0.15) is 0 Å². The van der Waals surface area contributed by atoms with Crippen LogP contribution in [0.15, 0.2) is 30.3 Å². The first-order valence-electron chi connectivity index (χ1n) is 13.1. The van der Waals surface area contributed by atoms with Gasteiger partial charge in [-0.05, 0) is 68.1 Å². The maximum atomic E-state index is 13.6. The first-order valence-corrected chi connectivity index (χ1v) is 13.1. The predicted octanol–water partition coefficient (Wildman–Crippen LogP) is 6.70. The molecule has 0 aromatic heterocycles. The van der Waals surface area contributed by atoms with Crippen LogP contribution in [0.1, 0.15) is 61.1 Å². The highest BCUT2D eigenvalue weighted by Gasteiger charge is 2.42. The van der Waals surface area contributed by atoms with Gasteiger partial charge >= 0.3 is 24.5 Å². The Morgan fingerprint density at radius 3 is 2.12 bits per heavy atom. The standard InChI is InChI=1S/C28H29F6N3O5/c1-5-42-26(40)37-15(2)8-23(21-13-22-18(11-24(21)37)6-7-35(22)16(3)38)36(25(39)41-4)14-17-9-19(27(29,30)31)12-20(10-17)28(32,33)34/h9-13,15,23H,5-8,14H2,1-4H3. The minimum atomic E-state index is -5.07. The fraction of sp³-hybridized carbons (Fsp3) is 0.464. The number of anilines is 2. The molecular formula is C28H29F6N3O5. The average molecular weight is 602 g/mol. The Morgan fingerprint density at radius 1 is 0.976 bits per heavy atom. The Morgan fingerprint density at radius 2 is 1.60 bits per heavy atom. The normalized spacial score (nSPS) is 18.3. The maximum absolute atomic E-state index is 13.6. The summed E-state index contributed by atoms with van der Waals surface area (Å²) in [6, 6.07) is 2.93. The fourth-order valence-electron chi connectivity index (χ4n) is 5.53. The zero-order valence-corrected chi connectivity index (χ0v) is 23.2. The van der Waals surface area contributed by atoms with Gasteiger partial charge in [0.2, 0.25) is 5.91 Å². The van der Waals surface area contributed by atoms with E-state index in [2.05, 4.69) is 0 Å². The van der Waals surface area contributed by atoms with E-state index >= 15 is 0 Å². The Bertz CT molecular complexity index is 1360. The summed E-state index contributed by atoms with van der Waals surface area (Å²) < 4.78 is 91.5. The molecule has 0 N–H and O–H groups in total. The van der Waals surface area contributed by atoms with Gasteiger partial charge in [-0.2, -0.15) is 26.3 Å². The lowest BCUT2D eigenvalue weighted by Crippen LogP contribution is -2.47. The molecule has 2 aromatic carbocycles. The van der Waals surface area contributed by atoms with Crippen LogP contribution in [0.25, 0.3) is 0 Å². The van der Waals surface area contributed by atoms with Crippen molar-refractivity contribution in [2.45, 2.75) is 64.6 Å². The summed E-state index contributed by atoms with van der Waals surface area (Å²) in [6.45, 7) is 4.49. The summed E-state index contributed by atoms with van der Waals surface area (Å²) in [5, 5.41) is 0. The van der Waals surface area contributed by atoms with Gasteiger partial charge in [0.05, 0.1) is 36.6 Å². The molecular weight excluding hydrogens is 572 g/mol. The number of carbonyl (C=O) groups is 3. The number of alkyl halides is 6. The molecule has 3 amide bonds. The first kappa shape index (κ1) is 31.0. The monoisotopic (exact) mass is 601 g/mol. The number of fused-ring (bicyclic) bond motifs is 2. The molecule has 2 unspecified atom stereocenters. The van der Waals surface area contributed by atoms with Gasteiger partial charge in [-0.15, -0.1) is 0 Å². The molecule has 42 heavy (non-hydrogen) atoms. The number of rotatable bonds is 4. The smallest absolute Gasteiger partial charge is 0.416 e. The zero-order chi connectivity index (χ0) is 31.1. The molecule has 0 saturated carbocycles. The molecule has 14 heteroatoms. The third-order valence-corrected chi connectivity index (χ3v) is 7.38. The van der Waals surface area contributed by atoms with Crippen LogP contribution < -0.4 is 9.80 Å². The van der Waals surface area contributed by atoms with Crippen LogP contribution in [0.3, 0.4) is 0 Å². The average Bonchev–Trinajstić information content (AvgIpc) is 3.32. The number of ether oxygens (including phenoxy) is 2. The van der Waals surface area contributed by atoms with Crippen molar-refractivity contribution in [3.8, 4) is 0 Å². The van der Waals surface area contributed by atoms with Gasteiger partial charge in [-0.25, -0.2) is 9.59 Å². The summed E-state index contributed by atoms with van der Waals surface area (Å²) >= 11 is 0. The molecule has 0 saturated heterocycles. The lowest BCUT2D eigenvalue weighted by Gasteiger charge is -2.43. The molecule has 2 aliphatic heterocycles. The molecule has 2 heterocycles. The number of halogens is 6. The molecule has 2 aromatic rings. The van der Waals surface area contributed by atoms with E-state index < -0.39 is 59.9 Å². The van der Waals surface area contributed by atoms with Crippen LogP contribution >= 0.6 is 0 Å². The summed E-state index contributed by atoms with van der Waals surface area (Å²) in [5.74, 6) is -0.245. The van der Waals surface area contributed by atoms with E-state index in [0.717, 1.165) is 17.6 Å². The Labute approximate surface area is 237 Å². The van der Waals surface area contributed by atoms with Gasteiger partial charge in [-0.3, -0.25) is 14.6 Å². The number of methoxy groups -OCH3 is 1. The lowest BCUT2D eigenvalue weighted by atomic mass is 9.88. The summed E-state index contributed by atoms with van der Waals surface area (Å²) in [6.07, 6.45) is -11.3. The van der Waals surface area contributed by atoms with Crippen molar-refractivity contribution >= 4 is 29.5 Å². The third-order valence-electron chi connectivity index (χ3n) is 7.38. The van der Waals surface area contributed by atoms with Crippen molar-refractivity contribution in [3.63, 3.8) is 0 Å². The van der Waals surface area contributed by atoms with Crippen molar-refractivity contribution in [3.05, 3.63) is 58.1 Å². The molecule has 4 rings (SSSR count). The second-order valence-electron chi connectivity index (χ2n) is 10.1. The maximum Gasteiger partial charge on any atom is 0.416 e. The number of amides is 3. The molecule has 0 bridgehead atoms. The third kappa shape index (κ3) is 5.97. The van der Waals surface area contributed by atoms with E-state index in [9.17, 15) is 40.7 Å². The molecule has 8 nitrogen and oxygen atoms in total. The number of hydrogen-bond donors (Lipinski definition) is 0. The second kappa shape index (κ2) is 11.4. The summed E-state index contributed by atoms with van der Waals surface area (Å²) in [7, 11) is 1.04. The van der Waals surface area contributed by atoms with Crippen molar-refractivity contribution in [2.24, 2.45) is 0 Å². The van der Waals surface area contributed by atoms with Crippen LogP contribution in [-0.2, 0) is 39.6 Å². The Balaban J connectivity index is 1.88. The Kier molecular flexibility index (Phi) is 8.38. The first-order chi connectivity index (χ1) is 19.6.